The zero-order valence-electron chi connectivity index (χ0n) is 17.1. The normalized spacial score (nSPS) is 14.2. The molecule has 32 heavy (non-hydrogen) atoms. The molecule has 0 bridgehead atoms. The zero-order chi connectivity index (χ0) is 24.8. The minimum Gasteiger partial charge on any atom is -0.481 e. The maximum absolute atomic E-state index is 12.6. The van der Waals surface area contributed by atoms with Crippen molar-refractivity contribution in [1.82, 2.24) is 16.0 Å². The predicted molar refractivity (Wildman–Crippen MR) is 121 cm³/mol. The summed E-state index contributed by atoms with van der Waals surface area (Å²) in [5, 5.41) is 24.9. The van der Waals surface area contributed by atoms with Gasteiger partial charge in [0.2, 0.25) is 17.7 Å². The molecular weight excluding hydrogens is 466 g/mol. The molecule has 0 fully saturated rings. The number of aliphatic imine (C=N–C) groups is 1. The minimum atomic E-state index is -1.54. The molecule has 0 saturated heterocycles. The van der Waals surface area contributed by atoms with Crippen molar-refractivity contribution in [3.63, 3.8) is 0 Å². The van der Waals surface area contributed by atoms with Gasteiger partial charge in [-0.1, -0.05) is 0 Å². The second-order valence-corrected chi connectivity index (χ2v) is 7.27. The van der Waals surface area contributed by atoms with Gasteiger partial charge in [-0.15, -0.1) is 0 Å². The molecule has 0 aromatic heterocycles. The summed E-state index contributed by atoms with van der Waals surface area (Å²) in [6, 6.07) is -5.23. The largest absolute Gasteiger partial charge is 0.481 e. The molecular formula is C16H29N7O7S2. The van der Waals surface area contributed by atoms with Crippen LogP contribution in [0.2, 0.25) is 0 Å². The van der Waals surface area contributed by atoms with Gasteiger partial charge >= 0.3 is 11.9 Å². The SMILES string of the molecule is NC(N)=NCCCC(NC(=O)C(CC(=O)O)NC(=O)C(N)CS)C(=O)NC(CS)C(=O)O. The molecule has 11 N–H and O–H groups in total. The Morgan fingerprint density at radius 3 is 1.84 bits per heavy atom. The number of carboxylic acids is 2. The van der Waals surface area contributed by atoms with Crippen LogP contribution in [0.3, 0.4) is 0 Å². The summed E-state index contributed by atoms with van der Waals surface area (Å²) >= 11 is 7.72. The Morgan fingerprint density at radius 1 is 0.844 bits per heavy atom. The molecule has 4 atom stereocenters. The summed E-state index contributed by atoms with van der Waals surface area (Å²) in [6.07, 6.45) is -0.583. The second-order valence-electron chi connectivity index (χ2n) is 6.54. The van der Waals surface area contributed by atoms with Crippen molar-refractivity contribution in [2.24, 2.45) is 22.2 Å². The molecule has 3 amide bonds. The third kappa shape index (κ3) is 11.6. The van der Waals surface area contributed by atoms with Crippen molar-refractivity contribution in [3.8, 4) is 0 Å². The number of rotatable bonds is 15. The Balaban J connectivity index is 5.49. The molecule has 0 aliphatic heterocycles. The van der Waals surface area contributed by atoms with Crippen molar-refractivity contribution >= 4 is 60.9 Å². The number of nitrogens with zero attached hydrogens (tertiary/aromatic N) is 1. The summed E-state index contributed by atoms with van der Waals surface area (Å²) in [7, 11) is 0. The van der Waals surface area contributed by atoms with Crippen molar-refractivity contribution in [2.45, 2.75) is 43.4 Å². The van der Waals surface area contributed by atoms with Gasteiger partial charge in [-0.05, 0) is 12.8 Å². The number of thiol groups is 2. The van der Waals surface area contributed by atoms with Gasteiger partial charge in [-0.2, -0.15) is 25.3 Å². The average molecular weight is 496 g/mol. The molecule has 16 heteroatoms. The highest BCUT2D eigenvalue weighted by atomic mass is 32.1. The number of carbonyl (C=O) groups excluding carboxylic acids is 3. The Morgan fingerprint density at radius 2 is 1.38 bits per heavy atom. The molecule has 4 unspecified atom stereocenters. The zero-order valence-corrected chi connectivity index (χ0v) is 18.9. The molecule has 0 radical (unpaired) electrons. The Kier molecular flexibility index (Phi) is 13.9. The number of amides is 3. The van der Waals surface area contributed by atoms with Gasteiger partial charge in [0.15, 0.2) is 5.96 Å². The standard InChI is InChI=1S/C16H29N7O7S2/c17-7(5-31)12(26)22-9(4-11(24)25)14(28)21-8(2-1-3-20-16(18)19)13(27)23-10(6-32)15(29)30/h7-10,31-32H,1-6,17H2,(H,21,28)(H,22,26)(H,23,27)(H,24,25)(H,29,30)(H4,18,19,20). The number of hydrogen-bond donors (Lipinski definition) is 10. The van der Waals surface area contributed by atoms with Gasteiger partial charge in [0.1, 0.15) is 18.1 Å². The lowest BCUT2D eigenvalue weighted by atomic mass is 10.1. The van der Waals surface area contributed by atoms with Crippen molar-refractivity contribution < 1.29 is 34.2 Å². The number of carbonyl (C=O) groups is 5. The molecule has 0 aromatic rings. The highest BCUT2D eigenvalue weighted by molar-refractivity contribution is 7.80. The monoisotopic (exact) mass is 495 g/mol. The van der Waals surface area contributed by atoms with E-state index in [9.17, 15) is 24.0 Å². The Labute approximate surface area is 194 Å². The highest BCUT2D eigenvalue weighted by Crippen LogP contribution is 2.03. The molecule has 0 heterocycles. The van der Waals surface area contributed by atoms with Crippen LogP contribution in [0.4, 0.5) is 0 Å². The van der Waals surface area contributed by atoms with E-state index in [4.69, 9.17) is 27.4 Å². The average Bonchev–Trinajstić information content (AvgIpc) is 2.71. The van der Waals surface area contributed by atoms with Crippen LogP contribution < -0.4 is 33.2 Å². The molecule has 14 nitrogen and oxygen atoms in total. The van der Waals surface area contributed by atoms with Crippen molar-refractivity contribution in [3.05, 3.63) is 0 Å². The Bertz CT molecular complexity index is 719. The summed E-state index contributed by atoms with van der Waals surface area (Å²) in [5.74, 6) is -5.81. The highest BCUT2D eigenvalue weighted by Gasteiger charge is 2.30. The van der Waals surface area contributed by atoms with E-state index in [2.05, 4.69) is 46.2 Å². The molecule has 0 spiro atoms. The first-order valence-electron chi connectivity index (χ1n) is 9.31. The van der Waals surface area contributed by atoms with Gasteiger partial charge in [0.05, 0.1) is 12.5 Å². The Hall–Kier alpha value is -2.72. The second kappa shape index (κ2) is 15.1. The van der Waals surface area contributed by atoms with Crippen LogP contribution in [0.25, 0.3) is 0 Å². The molecule has 0 aliphatic carbocycles. The number of carboxylic acid groups (broad SMARTS) is 2. The number of aliphatic carboxylic acids is 2. The van der Waals surface area contributed by atoms with E-state index >= 15 is 0 Å². The van der Waals surface area contributed by atoms with Crippen LogP contribution >= 0.6 is 25.3 Å². The summed E-state index contributed by atoms with van der Waals surface area (Å²) < 4.78 is 0. The first-order chi connectivity index (χ1) is 14.9. The maximum Gasteiger partial charge on any atom is 0.327 e. The van der Waals surface area contributed by atoms with Crippen LogP contribution in [0.1, 0.15) is 19.3 Å². The molecule has 0 saturated carbocycles. The number of nitrogens with two attached hydrogens (primary N) is 3. The van der Waals surface area contributed by atoms with E-state index in [0.29, 0.717) is 0 Å². The van der Waals surface area contributed by atoms with E-state index in [-0.39, 0.29) is 36.9 Å². The van der Waals surface area contributed by atoms with Crippen LogP contribution in [-0.2, 0) is 24.0 Å². The third-order valence-corrected chi connectivity index (χ3v) is 4.68. The maximum atomic E-state index is 12.6. The lowest BCUT2D eigenvalue weighted by Crippen LogP contribution is -2.57. The molecule has 0 aromatic carbocycles. The van der Waals surface area contributed by atoms with Gasteiger partial charge in [-0.25, -0.2) is 4.79 Å². The van der Waals surface area contributed by atoms with Crippen LogP contribution in [-0.4, -0.2) is 88.1 Å². The van der Waals surface area contributed by atoms with Gasteiger partial charge in [0.25, 0.3) is 0 Å². The number of guanidine groups is 1. The lowest BCUT2D eigenvalue weighted by Gasteiger charge is -2.24. The number of hydrogen-bond acceptors (Lipinski definition) is 9. The molecule has 0 rings (SSSR count). The van der Waals surface area contributed by atoms with Crippen molar-refractivity contribution in [2.75, 3.05) is 18.1 Å². The summed E-state index contributed by atoms with van der Waals surface area (Å²) in [6.45, 7) is 0.114. The van der Waals surface area contributed by atoms with Crippen LogP contribution in [0, 0.1) is 0 Å². The van der Waals surface area contributed by atoms with E-state index in [1.54, 1.807) is 0 Å². The summed E-state index contributed by atoms with van der Waals surface area (Å²) in [5.41, 5.74) is 16.0. The lowest BCUT2D eigenvalue weighted by molar-refractivity contribution is -0.142. The molecule has 182 valence electrons. The summed E-state index contributed by atoms with van der Waals surface area (Å²) in [4.78, 5) is 63.2. The van der Waals surface area contributed by atoms with Gasteiger partial charge < -0.3 is 43.4 Å². The van der Waals surface area contributed by atoms with Gasteiger partial charge in [0, 0.05) is 18.1 Å². The fourth-order valence-corrected chi connectivity index (χ4v) is 2.66. The topological polar surface area (TPSA) is 252 Å². The van der Waals surface area contributed by atoms with E-state index in [1.807, 2.05) is 0 Å². The van der Waals surface area contributed by atoms with E-state index in [0.717, 1.165) is 0 Å². The first kappa shape index (κ1) is 29.3. The smallest absolute Gasteiger partial charge is 0.327 e. The predicted octanol–water partition coefficient (Wildman–Crippen LogP) is -3.76. The first-order valence-corrected chi connectivity index (χ1v) is 10.6. The molecule has 0 aliphatic rings. The fraction of sp³-hybridized carbons (Fsp3) is 0.625. The quantitative estimate of drug-likeness (QED) is 0.0459. The van der Waals surface area contributed by atoms with Crippen LogP contribution in [0.5, 0.6) is 0 Å². The van der Waals surface area contributed by atoms with Gasteiger partial charge in [-0.3, -0.25) is 24.2 Å². The minimum absolute atomic E-state index is 0.0167. The van der Waals surface area contributed by atoms with Crippen molar-refractivity contribution in [1.29, 1.82) is 0 Å². The van der Waals surface area contributed by atoms with E-state index < -0.39 is 60.2 Å². The third-order valence-electron chi connectivity index (χ3n) is 3.92. The van der Waals surface area contributed by atoms with Crippen LogP contribution in [0.15, 0.2) is 4.99 Å². The fourth-order valence-electron chi connectivity index (χ4n) is 2.25. The number of nitrogens with one attached hydrogen (secondary N) is 3. The van der Waals surface area contributed by atoms with E-state index in [1.165, 1.54) is 0 Å².